The predicted molar refractivity (Wildman–Crippen MR) is 76.3 cm³/mol. The van der Waals surface area contributed by atoms with Gasteiger partial charge in [0.2, 0.25) is 0 Å². The van der Waals surface area contributed by atoms with Crippen molar-refractivity contribution in [3.8, 4) is 11.3 Å². The smallest absolute Gasteiger partial charge is 0.335 e. The predicted octanol–water partition coefficient (Wildman–Crippen LogP) is 1.10. The van der Waals surface area contributed by atoms with Gasteiger partial charge in [-0.3, -0.25) is 0 Å². The van der Waals surface area contributed by atoms with Crippen molar-refractivity contribution in [3.05, 3.63) is 47.7 Å². The number of rotatable bonds is 4. The van der Waals surface area contributed by atoms with E-state index in [4.69, 9.17) is 15.3 Å². The van der Waals surface area contributed by atoms with E-state index in [1.54, 1.807) is 24.3 Å². The van der Waals surface area contributed by atoms with Gasteiger partial charge in [-0.15, -0.1) is 0 Å². The molecule has 0 bridgehead atoms. The maximum absolute atomic E-state index is 10.8. The van der Waals surface area contributed by atoms with Gasteiger partial charge in [-0.25, -0.2) is 4.79 Å². The standard InChI is InChI=1S/C13H10N6O3/c14-13-16-17-18-19(13)15-7-10-5-6-11(22-10)8-1-3-9(4-2-8)12(20)21/h1-7H,(H,20,21)(H2,14,16,18)/b15-7+. The number of hydrogen-bond acceptors (Lipinski definition) is 7. The van der Waals surface area contributed by atoms with Crippen LogP contribution < -0.4 is 5.73 Å². The molecule has 9 heteroatoms. The van der Waals surface area contributed by atoms with Gasteiger partial charge in [0.25, 0.3) is 5.95 Å². The fourth-order valence-electron chi connectivity index (χ4n) is 1.74. The molecule has 0 saturated carbocycles. The molecule has 0 saturated heterocycles. The number of carboxylic acids is 1. The lowest BCUT2D eigenvalue weighted by molar-refractivity contribution is 0.0697. The lowest BCUT2D eigenvalue weighted by Crippen LogP contribution is -1.99. The molecule has 2 aromatic heterocycles. The number of nitrogens with zero attached hydrogens (tertiary/aromatic N) is 5. The Balaban J connectivity index is 1.80. The zero-order chi connectivity index (χ0) is 15.5. The molecule has 0 fully saturated rings. The molecule has 22 heavy (non-hydrogen) atoms. The zero-order valence-electron chi connectivity index (χ0n) is 11.1. The molecular formula is C13H10N6O3. The number of carbonyl (C=O) groups is 1. The quantitative estimate of drug-likeness (QED) is 0.689. The van der Waals surface area contributed by atoms with Crippen molar-refractivity contribution in [1.29, 1.82) is 0 Å². The highest BCUT2D eigenvalue weighted by molar-refractivity contribution is 5.88. The van der Waals surface area contributed by atoms with Gasteiger partial charge < -0.3 is 15.3 Å². The molecule has 3 aromatic rings. The molecule has 3 N–H and O–H groups in total. The summed E-state index contributed by atoms with van der Waals surface area (Å²) in [5.41, 5.74) is 6.44. The number of nitrogens with two attached hydrogens (primary N) is 1. The van der Waals surface area contributed by atoms with Crippen LogP contribution in [0, 0.1) is 0 Å². The van der Waals surface area contributed by atoms with E-state index >= 15 is 0 Å². The maximum atomic E-state index is 10.8. The first kappa shape index (κ1) is 13.5. The van der Waals surface area contributed by atoms with E-state index in [2.05, 4.69) is 20.6 Å². The minimum atomic E-state index is -0.974. The first-order valence-electron chi connectivity index (χ1n) is 6.15. The van der Waals surface area contributed by atoms with E-state index in [1.165, 1.54) is 18.3 Å². The van der Waals surface area contributed by atoms with Crippen LogP contribution in [0.5, 0.6) is 0 Å². The first-order chi connectivity index (χ1) is 10.6. The Labute approximate surface area is 123 Å². The zero-order valence-corrected chi connectivity index (χ0v) is 11.1. The minimum absolute atomic E-state index is 0.0623. The summed E-state index contributed by atoms with van der Waals surface area (Å²) in [4.78, 5) is 11.9. The number of carboxylic acid groups (broad SMARTS) is 1. The van der Waals surface area contributed by atoms with Crippen LogP contribution in [-0.2, 0) is 0 Å². The van der Waals surface area contributed by atoms with Gasteiger partial charge in [-0.05, 0) is 34.7 Å². The molecule has 1 aromatic carbocycles. The summed E-state index contributed by atoms with van der Waals surface area (Å²) in [7, 11) is 0. The van der Waals surface area contributed by atoms with E-state index in [0.717, 1.165) is 10.4 Å². The Morgan fingerprint density at radius 2 is 2.05 bits per heavy atom. The molecule has 0 amide bonds. The van der Waals surface area contributed by atoms with Gasteiger partial charge in [0.1, 0.15) is 11.5 Å². The number of nitrogen functional groups attached to an aromatic ring is 1. The largest absolute Gasteiger partial charge is 0.478 e. The fraction of sp³-hybridized carbons (Fsp3) is 0. The number of furan rings is 1. The molecule has 0 unspecified atom stereocenters. The van der Waals surface area contributed by atoms with Crippen molar-refractivity contribution in [2.45, 2.75) is 0 Å². The SMILES string of the molecule is Nc1nnnn1/N=C/c1ccc(-c2ccc(C(=O)O)cc2)o1. The molecule has 0 aliphatic heterocycles. The number of hydrogen-bond donors (Lipinski definition) is 2. The van der Waals surface area contributed by atoms with Crippen LogP contribution in [-0.4, -0.2) is 37.6 Å². The molecule has 0 aliphatic carbocycles. The average Bonchev–Trinajstić information content (AvgIpc) is 3.14. The van der Waals surface area contributed by atoms with Crippen molar-refractivity contribution in [1.82, 2.24) is 20.3 Å². The highest BCUT2D eigenvalue weighted by Crippen LogP contribution is 2.22. The summed E-state index contributed by atoms with van der Waals surface area (Å²) in [6, 6.07) is 9.82. The van der Waals surface area contributed by atoms with Crippen LogP contribution in [0.3, 0.4) is 0 Å². The summed E-state index contributed by atoms with van der Waals surface area (Å²) in [5, 5.41) is 23.2. The van der Waals surface area contributed by atoms with Crippen LogP contribution in [0.1, 0.15) is 16.1 Å². The topological polar surface area (TPSA) is 132 Å². The molecule has 9 nitrogen and oxygen atoms in total. The Kier molecular flexibility index (Phi) is 3.36. The molecule has 2 heterocycles. The summed E-state index contributed by atoms with van der Waals surface area (Å²) in [6.07, 6.45) is 1.42. The van der Waals surface area contributed by atoms with Crippen molar-refractivity contribution >= 4 is 18.1 Å². The van der Waals surface area contributed by atoms with Crippen LogP contribution in [0.15, 0.2) is 45.9 Å². The van der Waals surface area contributed by atoms with Gasteiger partial charge in [-0.1, -0.05) is 22.0 Å². The normalized spacial score (nSPS) is 11.1. The van der Waals surface area contributed by atoms with Gasteiger partial charge in [0.15, 0.2) is 0 Å². The monoisotopic (exact) mass is 298 g/mol. The second-order valence-corrected chi connectivity index (χ2v) is 4.26. The second kappa shape index (κ2) is 5.48. The van der Waals surface area contributed by atoms with Crippen LogP contribution in [0.4, 0.5) is 5.95 Å². The molecule has 0 atom stereocenters. The third kappa shape index (κ3) is 2.68. The van der Waals surface area contributed by atoms with Gasteiger partial charge >= 0.3 is 5.97 Å². The Morgan fingerprint density at radius 3 is 2.68 bits per heavy atom. The lowest BCUT2D eigenvalue weighted by Gasteiger charge is -1.98. The van der Waals surface area contributed by atoms with E-state index in [9.17, 15) is 4.79 Å². The van der Waals surface area contributed by atoms with Gasteiger partial charge in [-0.2, -0.15) is 5.10 Å². The maximum Gasteiger partial charge on any atom is 0.335 e. The second-order valence-electron chi connectivity index (χ2n) is 4.26. The molecule has 3 rings (SSSR count). The highest BCUT2D eigenvalue weighted by atomic mass is 16.4. The number of tetrazole rings is 1. The van der Waals surface area contributed by atoms with Crippen molar-refractivity contribution in [2.75, 3.05) is 5.73 Å². The number of aromatic nitrogens is 4. The fourth-order valence-corrected chi connectivity index (χ4v) is 1.74. The van der Waals surface area contributed by atoms with Gasteiger partial charge in [0.05, 0.1) is 11.8 Å². The molecular weight excluding hydrogens is 288 g/mol. The first-order valence-corrected chi connectivity index (χ1v) is 6.15. The number of aromatic carboxylic acids is 1. The van der Waals surface area contributed by atoms with E-state index < -0.39 is 5.97 Å². The van der Waals surface area contributed by atoms with Crippen LogP contribution >= 0.6 is 0 Å². The van der Waals surface area contributed by atoms with Crippen LogP contribution in [0.25, 0.3) is 11.3 Å². The number of anilines is 1. The Bertz CT molecular complexity index is 834. The molecule has 0 aliphatic rings. The number of benzene rings is 1. The average molecular weight is 298 g/mol. The third-order valence-electron chi connectivity index (χ3n) is 2.81. The summed E-state index contributed by atoms with van der Waals surface area (Å²) in [5.74, 6) is 0.153. The van der Waals surface area contributed by atoms with Gasteiger partial charge in [0, 0.05) is 5.56 Å². The van der Waals surface area contributed by atoms with Crippen LogP contribution in [0.2, 0.25) is 0 Å². The van der Waals surface area contributed by atoms with E-state index in [-0.39, 0.29) is 11.5 Å². The lowest BCUT2D eigenvalue weighted by atomic mass is 10.1. The molecule has 0 spiro atoms. The Hall–Kier alpha value is -3.49. The summed E-state index contributed by atoms with van der Waals surface area (Å²) < 4.78 is 5.59. The van der Waals surface area contributed by atoms with E-state index in [0.29, 0.717) is 11.5 Å². The van der Waals surface area contributed by atoms with Crippen molar-refractivity contribution < 1.29 is 14.3 Å². The minimum Gasteiger partial charge on any atom is -0.478 e. The van der Waals surface area contributed by atoms with E-state index in [1.807, 2.05) is 0 Å². The Morgan fingerprint density at radius 1 is 1.27 bits per heavy atom. The summed E-state index contributed by atoms with van der Waals surface area (Å²) in [6.45, 7) is 0. The van der Waals surface area contributed by atoms with Crippen molar-refractivity contribution in [2.24, 2.45) is 5.10 Å². The molecule has 110 valence electrons. The van der Waals surface area contributed by atoms with Crippen molar-refractivity contribution in [3.63, 3.8) is 0 Å². The summed E-state index contributed by atoms with van der Waals surface area (Å²) >= 11 is 0. The highest BCUT2D eigenvalue weighted by Gasteiger charge is 2.06. The molecule has 0 radical (unpaired) electrons. The third-order valence-corrected chi connectivity index (χ3v) is 2.81.